The Labute approximate surface area is 150 Å². The second-order valence-corrected chi connectivity index (χ2v) is 7.01. The molecule has 0 atom stereocenters. The number of anilines is 1. The Balaban J connectivity index is 1.77. The third-order valence-corrected chi connectivity index (χ3v) is 4.97. The number of rotatable bonds is 5. The molecule has 130 valence electrons. The molecule has 1 amide bonds. The highest BCUT2D eigenvalue weighted by atomic mass is 32.1. The molecule has 0 N–H and O–H groups in total. The highest BCUT2D eigenvalue weighted by molar-refractivity contribution is 7.16. The third-order valence-electron chi connectivity index (χ3n) is 4.15. The van der Waals surface area contributed by atoms with E-state index >= 15 is 0 Å². The summed E-state index contributed by atoms with van der Waals surface area (Å²) in [6.07, 6.45) is 1.79. The SMILES string of the molecule is CCN(C(=O)CCn1cnc2sccc2c1=O)c1cc(C)cc(C)c1. The second-order valence-electron chi connectivity index (χ2n) is 6.12. The van der Waals surface area contributed by atoms with E-state index in [1.165, 1.54) is 22.2 Å². The highest BCUT2D eigenvalue weighted by Crippen LogP contribution is 2.20. The highest BCUT2D eigenvalue weighted by Gasteiger charge is 2.15. The van der Waals surface area contributed by atoms with E-state index in [4.69, 9.17) is 0 Å². The third kappa shape index (κ3) is 3.64. The van der Waals surface area contributed by atoms with Crippen LogP contribution < -0.4 is 10.5 Å². The summed E-state index contributed by atoms with van der Waals surface area (Å²) in [6.45, 7) is 6.93. The van der Waals surface area contributed by atoms with Gasteiger partial charge in [-0.25, -0.2) is 4.98 Å². The van der Waals surface area contributed by atoms with Gasteiger partial charge in [-0.3, -0.25) is 14.2 Å². The molecule has 2 heterocycles. The summed E-state index contributed by atoms with van der Waals surface area (Å²) in [6, 6.07) is 7.89. The molecule has 0 aliphatic carbocycles. The Bertz CT molecular complexity index is 954. The van der Waals surface area contributed by atoms with Crippen LogP contribution in [0.5, 0.6) is 0 Å². The van der Waals surface area contributed by atoms with Crippen molar-refractivity contribution in [3.63, 3.8) is 0 Å². The van der Waals surface area contributed by atoms with Gasteiger partial charge in [-0.15, -0.1) is 11.3 Å². The molecular weight excluding hydrogens is 334 g/mol. The lowest BCUT2D eigenvalue weighted by molar-refractivity contribution is -0.118. The Morgan fingerprint density at radius 1 is 1.24 bits per heavy atom. The number of carbonyl (C=O) groups is 1. The maximum absolute atomic E-state index is 12.7. The summed E-state index contributed by atoms with van der Waals surface area (Å²) in [5.74, 6) is 0.00446. The average Bonchev–Trinajstić information content (AvgIpc) is 3.03. The van der Waals surface area contributed by atoms with Crippen molar-refractivity contribution >= 4 is 33.1 Å². The maximum atomic E-state index is 12.7. The van der Waals surface area contributed by atoms with E-state index in [1.807, 2.05) is 38.3 Å². The molecule has 0 aliphatic rings. The number of nitrogens with zero attached hydrogens (tertiary/aromatic N) is 3. The fraction of sp³-hybridized carbons (Fsp3) is 0.316. The van der Waals surface area contributed by atoms with E-state index in [0.29, 0.717) is 18.5 Å². The monoisotopic (exact) mass is 355 g/mol. The van der Waals surface area contributed by atoms with Gasteiger partial charge in [0.05, 0.1) is 11.7 Å². The normalized spacial score (nSPS) is 11.0. The first-order valence-corrected chi connectivity index (χ1v) is 9.19. The van der Waals surface area contributed by atoms with Crippen molar-refractivity contribution in [3.8, 4) is 0 Å². The number of fused-ring (bicyclic) bond motifs is 1. The van der Waals surface area contributed by atoms with Crippen molar-refractivity contribution in [3.05, 3.63) is 57.5 Å². The smallest absolute Gasteiger partial charge is 0.262 e. The molecule has 1 aromatic carbocycles. The van der Waals surface area contributed by atoms with E-state index in [9.17, 15) is 9.59 Å². The zero-order chi connectivity index (χ0) is 18.0. The molecule has 5 nitrogen and oxygen atoms in total. The van der Waals surface area contributed by atoms with Crippen LogP contribution >= 0.6 is 11.3 Å². The van der Waals surface area contributed by atoms with Gasteiger partial charge in [0.2, 0.25) is 5.91 Å². The van der Waals surface area contributed by atoms with E-state index in [-0.39, 0.29) is 17.9 Å². The van der Waals surface area contributed by atoms with Crippen LogP contribution in [-0.2, 0) is 11.3 Å². The number of amides is 1. The van der Waals surface area contributed by atoms with Crippen LogP contribution in [0.25, 0.3) is 10.2 Å². The van der Waals surface area contributed by atoms with Gasteiger partial charge in [-0.1, -0.05) is 6.07 Å². The molecule has 0 aliphatic heterocycles. The van der Waals surface area contributed by atoms with Crippen LogP contribution in [0.1, 0.15) is 24.5 Å². The summed E-state index contributed by atoms with van der Waals surface area (Å²) in [4.78, 5) is 31.9. The minimum Gasteiger partial charge on any atom is -0.313 e. The molecule has 0 bridgehead atoms. The predicted molar refractivity (Wildman–Crippen MR) is 102 cm³/mol. The van der Waals surface area contributed by atoms with E-state index < -0.39 is 0 Å². The van der Waals surface area contributed by atoms with Crippen LogP contribution in [0, 0.1) is 13.8 Å². The van der Waals surface area contributed by atoms with Crippen molar-refractivity contribution in [2.24, 2.45) is 0 Å². The van der Waals surface area contributed by atoms with Crippen LogP contribution in [0.4, 0.5) is 5.69 Å². The number of carbonyl (C=O) groups excluding carboxylic acids is 1. The summed E-state index contributed by atoms with van der Waals surface area (Å²) < 4.78 is 1.52. The molecule has 0 radical (unpaired) electrons. The minimum absolute atomic E-state index is 0.00446. The molecule has 25 heavy (non-hydrogen) atoms. The van der Waals surface area contributed by atoms with Gasteiger partial charge in [-0.2, -0.15) is 0 Å². The predicted octanol–water partition coefficient (Wildman–Crippen LogP) is 3.52. The van der Waals surface area contributed by atoms with E-state index in [1.54, 1.807) is 11.0 Å². The van der Waals surface area contributed by atoms with Crippen LogP contribution in [0.15, 0.2) is 40.8 Å². The fourth-order valence-electron chi connectivity index (χ4n) is 3.01. The number of benzene rings is 1. The number of aryl methyl sites for hydroxylation is 3. The number of aromatic nitrogens is 2. The molecule has 0 saturated heterocycles. The molecule has 0 spiro atoms. The first-order valence-electron chi connectivity index (χ1n) is 8.31. The van der Waals surface area contributed by atoms with Crippen molar-refractivity contribution in [2.75, 3.05) is 11.4 Å². The number of hydrogen-bond acceptors (Lipinski definition) is 4. The number of thiophene rings is 1. The largest absolute Gasteiger partial charge is 0.313 e. The average molecular weight is 355 g/mol. The maximum Gasteiger partial charge on any atom is 0.262 e. The van der Waals surface area contributed by atoms with Crippen molar-refractivity contribution in [1.29, 1.82) is 0 Å². The Morgan fingerprint density at radius 2 is 1.96 bits per heavy atom. The zero-order valence-corrected chi connectivity index (χ0v) is 15.5. The summed E-state index contributed by atoms with van der Waals surface area (Å²) in [5, 5.41) is 2.47. The Hall–Kier alpha value is -2.47. The van der Waals surface area contributed by atoms with Crippen LogP contribution in [0.3, 0.4) is 0 Å². The molecule has 0 saturated carbocycles. The molecule has 0 unspecified atom stereocenters. The van der Waals surface area contributed by atoms with Gasteiger partial charge in [-0.05, 0) is 55.5 Å². The first kappa shape index (κ1) is 17.4. The molecule has 3 aromatic rings. The van der Waals surface area contributed by atoms with Gasteiger partial charge < -0.3 is 4.90 Å². The summed E-state index contributed by atoms with van der Waals surface area (Å²) in [5.41, 5.74) is 3.08. The Morgan fingerprint density at radius 3 is 2.64 bits per heavy atom. The van der Waals surface area contributed by atoms with Gasteiger partial charge in [0.25, 0.3) is 5.56 Å². The standard InChI is InChI=1S/C19H21N3O2S/c1-4-22(15-10-13(2)9-14(3)11-15)17(23)5-7-21-12-20-18-16(19(21)24)6-8-25-18/h6,8-12H,4-5,7H2,1-3H3. The number of hydrogen-bond donors (Lipinski definition) is 0. The minimum atomic E-state index is -0.0894. The second kappa shape index (κ2) is 7.19. The van der Waals surface area contributed by atoms with Crippen molar-refractivity contribution in [2.45, 2.75) is 33.7 Å². The summed E-state index contributed by atoms with van der Waals surface area (Å²) >= 11 is 1.44. The summed E-state index contributed by atoms with van der Waals surface area (Å²) in [7, 11) is 0. The lowest BCUT2D eigenvalue weighted by Gasteiger charge is -2.22. The van der Waals surface area contributed by atoms with Crippen molar-refractivity contribution in [1.82, 2.24) is 9.55 Å². The topological polar surface area (TPSA) is 55.2 Å². The Kier molecular flexibility index (Phi) is 4.99. The molecular formula is C19H21N3O2S. The molecule has 6 heteroatoms. The molecule has 0 fully saturated rings. The van der Waals surface area contributed by atoms with Crippen molar-refractivity contribution < 1.29 is 4.79 Å². The van der Waals surface area contributed by atoms with Gasteiger partial charge in [0, 0.05) is 25.2 Å². The van der Waals surface area contributed by atoms with Gasteiger partial charge in [0.15, 0.2) is 0 Å². The van der Waals surface area contributed by atoms with Gasteiger partial charge >= 0.3 is 0 Å². The lowest BCUT2D eigenvalue weighted by Crippen LogP contribution is -2.32. The first-order chi connectivity index (χ1) is 12.0. The lowest BCUT2D eigenvalue weighted by atomic mass is 10.1. The van der Waals surface area contributed by atoms with Crippen LogP contribution in [-0.4, -0.2) is 22.0 Å². The molecule has 2 aromatic heterocycles. The van der Waals surface area contributed by atoms with Crippen LogP contribution in [0.2, 0.25) is 0 Å². The molecule has 3 rings (SSSR count). The van der Waals surface area contributed by atoms with E-state index in [0.717, 1.165) is 21.6 Å². The zero-order valence-electron chi connectivity index (χ0n) is 14.7. The fourth-order valence-corrected chi connectivity index (χ4v) is 3.74. The van der Waals surface area contributed by atoms with E-state index in [2.05, 4.69) is 11.1 Å². The quantitative estimate of drug-likeness (QED) is 0.704. The van der Waals surface area contributed by atoms with Gasteiger partial charge in [0.1, 0.15) is 4.83 Å².